The van der Waals surface area contributed by atoms with Gasteiger partial charge in [-0.2, -0.15) is 0 Å². The third-order valence-electron chi connectivity index (χ3n) is 5.05. The van der Waals surface area contributed by atoms with Gasteiger partial charge in [0.25, 0.3) is 5.24 Å². The van der Waals surface area contributed by atoms with Crippen LogP contribution in [0.2, 0.25) is 0 Å². The molecule has 4 rings (SSSR count). The Hall–Kier alpha value is -2.80. The van der Waals surface area contributed by atoms with Gasteiger partial charge in [-0.05, 0) is 36.0 Å². The number of imide groups is 1. The minimum atomic E-state index is -0.646. The second-order valence-electron chi connectivity index (χ2n) is 6.79. The maximum absolute atomic E-state index is 12.7. The highest BCUT2D eigenvalue weighted by molar-refractivity contribution is 8.15. The summed E-state index contributed by atoms with van der Waals surface area (Å²) in [6.07, 6.45) is 0.0594. The van der Waals surface area contributed by atoms with E-state index in [1.807, 2.05) is 24.3 Å². The third-order valence-corrected chi connectivity index (χ3v) is 6.09. The minimum Gasteiger partial charge on any atom is -0.368 e. The van der Waals surface area contributed by atoms with Crippen molar-refractivity contribution in [3.05, 3.63) is 60.7 Å². The van der Waals surface area contributed by atoms with E-state index < -0.39 is 5.25 Å². The number of carbonyl (C=O) groups is 3. The quantitative estimate of drug-likeness (QED) is 0.797. The first-order valence-corrected chi connectivity index (χ1v) is 10.2. The lowest BCUT2D eigenvalue weighted by Crippen LogP contribution is -2.49. The summed E-state index contributed by atoms with van der Waals surface area (Å²) in [6.45, 7) is 2.76. The largest absolute Gasteiger partial charge is 0.368 e. The fourth-order valence-electron chi connectivity index (χ4n) is 3.54. The Morgan fingerprint density at radius 3 is 2.04 bits per heavy atom. The van der Waals surface area contributed by atoms with Crippen molar-refractivity contribution in [2.24, 2.45) is 0 Å². The summed E-state index contributed by atoms with van der Waals surface area (Å²) in [6, 6.07) is 19.0. The molecule has 2 fully saturated rings. The average Bonchev–Trinajstić information content (AvgIpc) is 3.02. The highest BCUT2D eigenvalue weighted by Crippen LogP contribution is 2.33. The Morgan fingerprint density at radius 2 is 1.43 bits per heavy atom. The number of hydrogen-bond acceptors (Lipinski definition) is 5. The standard InChI is InChI=1S/C21H21N3O3S/c25-19(23-13-11-22(12-14-23)16-7-3-1-4-8-16)15-18-20(26)24(21(27)28-18)17-9-5-2-6-10-17/h1-10,18H,11-15H2. The molecule has 2 aliphatic rings. The molecule has 0 N–H and O–H groups in total. The summed E-state index contributed by atoms with van der Waals surface area (Å²) in [5.41, 5.74) is 1.71. The minimum absolute atomic E-state index is 0.0594. The van der Waals surface area contributed by atoms with E-state index in [4.69, 9.17) is 0 Å². The topological polar surface area (TPSA) is 60.9 Å². The summed E-state index contributed by atoms with van der Waals surface area (Å²) in [5, 5.41) is -0.963. The molecule has 7 heteroatoms. The Bertz CT molecular complexity index is 867. The fourth-order valence-corrected chi connectivity index (χ4v) is 4.51. The number of benzene rings is 2. The van der Waals surface area contributed by atoms with Gasteiger partial charge in [0, 0.05) is 38.3 Å². The van der Waals surface area contributed by atoms with E-state index in [1.54, 1.807) is 29.2 Å². The summed E-state index contributed by atoms with van der Waals surface area (Å²) in [5.74, 6) is -0.376. The first-order valence-electron chi connectivity index (χ1n) is 9.31. The van der Waals surface area contributed by atoms with Gasteiger partial charge in [-0.1, -0.05) is 36.4 Å². The molecule has 3 amide bonds. The van der Waals surface area contributed by atoms with E-state index in [0.29, 0.717) is 18.8 Å². The zero-order chi connectivity index (χ0) is 19.5. The molecular weight excluding hydrogens is 374 g/mol. The van der Waals surface area contributed by atoms with Gasteiger partial charge in [-0.3, -0.25) is 14.4 Å². The van der Waals surface area contributed by atoms with Crippen molar-refractivity contribution < 1.29 is 14.4 Å². The Labute approximate surface area is 168 Å². The number of hydrogen-bond donors (Lipinski definition) is 0. The van der Waals surface area contributed by atoms with Gasteiger partial charge in [0.15, 0.2) is 0 Å². The Morgan fingerprint density at radius 1 is 0.857 bits per heavy atom. The van der Waals surface area contributed by atoms with E-state index in [2.05, 4.69) is 17.0 Å². The van der Waals surface area contributed by atoms with Crippen molar-refractivity contribution in [3.8, 4) is 0 Å². The summed E-state index contributed by atoms with van der Waals surface area (Å²) in [7, 11) is 0. The van der Waals surface area contributed by atoms with Crippen LogP contribution in [0.25, 0.3) is 0 Å². The smallest absolute Gasteiger partial charge is 0.293 e. The van der Waals surface area contributed by atoms with Crippen LogP contribution in [0, 0.1) is 0 Å². The van der Waals surface area contributed by atoms with Crippen LogP contribution in [0.15, 0.2) is 60.7 Å². The average molecular weight is 395 g/mol. The lowest BCUT2D eigenvalue weighted by molar-refractivity contribution is -0.133. The number of carbonyl (C=O) groups excluding carboxylic acids is 3. The maximum Gasteiger partial charge on any atom is 0.293 e. The van der Waals surface area contributed by atoms with Gasteiger partial charge in [0.1, 0.15) is 5.25 Å². The van der Waals surface area contributed by atoms with Gasteiger partial charge in [0.05, 0.1) is 5.69 Å². The van der Waals surface area contributed by atoms with Crippen molar-refractivity contribution in [1.82, 2.24) is 4.90 Å². The van der Waals surface area contributed by atoms with Gasteiger partial charge in [-0.25, -0.2) is 4.90 Å². The summed E-state index contributed by atoms with van der Waals surface area (Å²) in [4.78, 5) is 42.9. The number of thioether (sulfide) groups is 1. The van der Waals surface area contributed by atoms with E-state index in [1.165, 1.54) is 4.90 Å². The molecule has 0 saturated carbocycles. The summed E-state index contributed by atoms with van der Waals surface area (Å²) >= 11 is 0.946. The number of amides is 3. The van der Waals surface area contributed by atoms with Crippen LogP contribution >= 0.6 is 11.8 Å². The molecule has 0 spiro atoms. The van der Waals surface area contributed by atoms with Crippen molar-refractivity contribution in [2.75, 3.05) is 36.0 Å². The van der Waals surface area contributed by atoms with Crippen LogP contribution < -0.4 is 9.80 Å². The van der Waals surface area contributed by atoms with Crippen LogP contribution in [-0.4, -0.2) is 53.4 Å². The van der Waals surface area contributed by atoms with Gasteiger partial charge >= 0.3 is 0 Å². The zero-order valence-corrected chi connectivity index (χ0v) is 16.2. The molecule has 2 aromatic rings. The predicted molar refractivity (Wildman–Crippen MR) is 111 cm³/mol. The predicted octanol–water partition coefficient (Wildman–Crippen LogP) is 2.99. The molecule has 0 bridgehead atoms. The maximum atomic E-state index is 12.7. The van der Waals surface area contributed by atoms with Gasteiger partial charge in [-0.15, -0.1) is 0 Å². The highest BCUT2D eigenvalue weighted by Gasteiger charge is 2.42. The van der Waals surface area contributed by atoms with Crippen molar-refractivity contribution >= 4 is 40.2 Å². The molecule has 0 radical (unpaired) electrons. The van der Waals surface area contributed by atoms with E-state index in [9.17, 15) is 14.4 Å². The van der Waals surface area contributed by atoms with Crippen molar-refractivity contribution in [3.63, 3.8) is 0 Å². The number of nitrogens with zero attached hydrogens (tertiary/aromatic N) is 3. The van der Waals surface area contributed by atoms with Crippen LogP contribution in [-0.2, 0) is 9.59 Å². The number of piperazine rings is 1. The Kier molecular flexibility index (Phi) is 5.34. The molecule has 1 unspecified atom stereocenters. The van der Waals surface area contributed by atoms with Crippen molar-refractivity contribution in [2.45, 2.75) is 11.7 Å². The van der Waals surface area contributed by atoms with Crippen LogP contribution in [0.4, 0.5) is 16.2 Å². The molecule has 2 aliphatic heterocycles. The van der Waals surface area contributed by atoms with Gasteiger partial charge in [0.2, 0.25) is 11.8 Å². The molecule has 2 aromatic carbocycles. The molecular formula is C21H21N3O3S. The third kappa shape index (κ3) is 3.75. The number of anilines is 2. The van der Waals surface area contributed by atoms with E-state index >= 15 is 0 Å². The first kappa shape index (κ1) is 18.6. The number of para-hydroxylation sites is 2. The lowest BCUT2D eigenvalue weighted by Gasteiger charge is -2.36. The van der Waals surface area contributed by atoms with E-state index in [-0.39, 0.29) is 23.5 Å². The van der Waals surface area contributed by atoms with E-state index in [0.717, 1.165) is 30.5 Å². The summed E-state index contributed by atoms with van der Waals surface area (Å²) < 4.78 is 0. The van der Waals surface area contributed by atoms with Gasteiger partial charge < -0.3 is 9.80 Å². The Balaban J connectivity index is 1.34. The van der Waals surface area contributed by atoms with Crippen molar-refractivity contribution in [1.29, 1.82) is 0 Å². The molecule has 0 aliphatic carbocycles. The van der Waals surface area contributed by atoms with Crippen LogP contribution in [0.1, 0.15) is 6.42 Å². The molecule has 2 saturated heterocycles. The lowest BCUT2D eigenvalue weighted by atomic mass is 10.2. The normalized spacial score (nSPS) is 20.0. The first-order chi connectivity index (χ1) is 13.6. The number of rotatable bonds is 4. The molecule has 6 nitrogen and oxygen atoms in total. The fraction of sp³-hybridized carbons (Fsp3) is 0.286. The SMILES string of the molecule is O=C(CC1SC(=O)N(c2ccccc2)C1=O)N1CCN(c2ccccc2)CC1. The molecule has 2 heterocycles. The molecule has 1 atom stereocenters. The molecule has 28 heavy (non-hydrogen) atoms. The van der Waals surface area contributed by atoms with Crippen LogP contribution in [0.5, 0.6) is 0 Å². The van der Waals surface area contributed by atoms with Crippen LogP contribution in [0.3, 0.4) is 0 Å². The molecule has 144 valence electrons. The zero-order valence-electron chi connectivity index (χ0n) is 15.4. The highest BCUT2D eigenvalue weighted by atomic mass is 32.2. The second kappa shape index (κ2) is 8.06. The monoisotopic (exact) mass is 395 g/mol. The second-order valence-corrected chi connectivity index (χ2v) is 7.94. The molecule has 0 aromatic heterocycles.